The van der Waals surface area contributed by atoms with Crippen molar-refractivity contribution < 1.29 is 15.1 Å². The number of carbonyl (C=O) groups is 1. The van der Waals surface area contributed by atoms with Crippen LogP contribution in [0.1, 0.15) is 10.4 Å². The lowest BCUT2D eigenvalue weighted by atomic mass is 10.0. The van der Waals surface area contributed by atoms with E-state index in [4.69, 9.17) is 5.53 Å². The highest BCUT2D eigenvalue weighted by Gasteiger charge is 2.10. The molecule has 0 radical (unpaired) electrons. The molecule has 2 rings (SSSR count). The van der Waals surface area contributed by atoms with E-state index in [1.165, 1.54) is 11.3 Å². The molecule has 2 aromatic carbocycles. The van der Waals surface area contributed by atoms with Crippen LogP contribution >= 0.6 is 0 Å². The summed E-state index contributed by atoms with van der Waals surface area (Å²) in [5.74, 6) is -0.577. The van der Waals surface area contributed by atoms with E-state index in [1.807, 2.05) is 12.1 Å². The van der Waals surface area contributed by atoms with Gasteiger partial charge in [-0.25, -0.2) is 0 Å². The minimum atomic E-state index is -0.491. The van der Waals surface area contributed by atoms with Gasteiger partial charge in [0.15, 0.2) is 5.78 Å². The second-order valence-corrected chi connectivity index (χ2v) is 3.41. The van der Waals surface area contributed by atoms with Crippen LogP contribution in [0.3, 0.4) is 0 Å². The predicted octanol–water partition coefficient (Wildman–Crippen LogP) is 0.816. The Kier molecular flexibility index (Phi) is 2.91. The number of nitrogens with one attached hydrogen (secondary N) is 1. The SMILES string of the molecule is [N-]=[NH+]N=CC(=O)c1ccc2ccccc2c1O. The predicted molar refractivity (Wildman–Crippen MR) is 62.8 cm³/mol. The Hall–Kier alpha value is -2.56. The van der Waals surface area contributed by atoms with E-state index in [-0.39, 0.29) is 11.3 Å². The van der Waals surface area contributed by atoms with Gasteiger partial charge in [-0.1, -0.05) is 30.3 Å². The van der Waals surface area contributed by atoms with Gasteiger partial charge in [-0.15, -0.1) is 0 Å². The third-order valence-electron chi connectivity index (χ3n) is 2.41. The quantitative estimate of drug-likeness (QED) is 0.352. The fourth-order valence-electron chi connectivity index (χ4n) is 1.61. The second kappa shape index (κ2) is 4.52. The molecule has 0 aliphatic carbocycles. The second-order valence-electron chi connectivity index (χ2n) is 3.41. The number of benzene rings is 2. The number of nitrogens with zero attached hydrogens (tertiary/aromatic N) is 2. The minimum absolute atomic E-state index is 0.0857. The Morgan fingerprint density at radius 2 is 2.06 bits per heavy atom. The van der Waals surface area contributed by atoms with Crippen LogP contribution in [-0.2, 0) is 0 Å². The first-order valence-corrected chi connectivity index (χ1v) is 4.91. The van der Waals surface area contributed by atoms with Crippen molar-refractivity contribution in [3.05, 3.63) is 47.5 Å². The van der Waals surface area contributed by atoms with Gasteiger partial charge in [0.1, 0.15) is 5.75 Å². The first-order valence-electron chi connectivity index (χ1n) is 4.91. The molecule has 5 heteroatoms. The Bertz CT molecular complexity index is 620. The van der Waals surface area contributed by atoms with E-state index < -0.39 is 5.78 Å². The van der Waals surface area contributed by atoms with Crippen LogP contribution in [0.4, 0.5) is 0 Å². The third-order valence-corrected chi connectivity index (χ3v) is 2.41. The smallest absolute Gasteiger partial charge is 0.190 e. The highest BCUT2D eigenvalue weighted by molar-refractivity contribution is 6.36. The number of hydrogen-bond acceptors (Lipinski definition) is 2. The first-order chi connectivity index (χ1) is 8.24. The number of ketones is 1. The molecular weight excluding hydrogens is 218 g/mol. The number of hydrogen-bond donors (Lipinski definition) is 2. The molecule has 0 aliphatic rings. The Balaban J connectivity index is 2.56. The number of phenolic OH excluding ortho intramolecular Hbond substituents is 1. The first kappa shape index (κ1) is 10.9. The van der Waals surface area contributed by atoms with E-state index >= 15 is 0 Å². The van der Waals surface area contributed by atoms with Gasteiger partial charge in [0.25, 0.3) is 0 Å². The van der Waals surface area contributed by atoms with E-state index in [0.29, 0.717) is 5.39 Å². The molecule has 0 spiro atoms. The molecule has 5 nitrogen and oxygen atoms in total. The maximum Gasteiger partial charge on any atom is 0.190 e. The van der Waals surface area contributed by atoms with E-state index in [9.17, 15) is 9.90 Å². The monoisotopic (exact) mass is 227 g/mol. The fraction of sp³-hybridized carbons (Fsp3) is 0. The van der Waals surface area contributed by atoms with Crippen molar-refractivity contribution >= 4 is 22.8 Å². The van der Waals surface area contributed by atoms with Crippen molar-refractivity contribution in [3.63, 3.8) is 0 Å². The number of carbonyl (C=O) groups excluding carboxylic acids is 1. The van der Waals surface area contributed by atoms with Crippen molar-refractivity contribution in [1.29, 1.82) is 0 Å². The topological polar surface area (TPSA) is 85.9 Å². The molecule has 0 heterocycles. The van der Waals surface area contributed by atoms with Gasteiger partial charge >= 0.3 is 0 Å². The molecule has 0 fully saturated rings. The van der Waals surface area contributed by atoms with Crippen LogP contribution in [0.5, 0.6) is 5.75 Å². The number of aromatic hydroxyl groups is 1. The van der Waals surface area contributed by atoms with Crippen LogP contribution in [0, 0.1) is 0 Å². The Labute approximate surface area is 96.9 Å². The van der Waals surface area contributed by atoms with Crippen molar-refractivity contribution in [2.24, 2.45) is 5.10 Å². The summed E-state index contributed by atoms with van der Waals surface area (Å²) in [6.45, 7) is 0. The molecule has 0 bridgehead atoms. The van der Waals surface area contributed by atoms with Crippen LogP contribution in [0.25, 0.3) is 16.3 Å². The number of phenols is 1. The largest absolute Gasteiger partial charge is 0.507 e. The van der Waals surface area contributed by atoms with Crippen LogP contribution in [-0.4, -0.2) is 17.1 Å². The van der Waals surface area contributed by atoms with Gasteiger partial charge in [-0.05, 0) is 11.5 Å². The number of rotatable bonds is 3. The van der Waals surface area contributed by atoms with Gasteiger partial charge in [-0.3, -0.25) is 4.79 Å². The lowest BCUT2D eigenvalue weighted by molar-refractivity contribution is -0.485. The maximum absolute atomic E-state index is 11.6. The average Bonchev–Trinajstić information content (AvgIpc) is 2.37. The summed E-state index contributed by atoms with van der Waals surface area (Å²) in [5, 5.41) is 16.1. The molecule has 2 aromatic rings. The van der Waals surface area contributed by atoms with Gasteiger partial charge in [0.2, 0.25) is 0 Å². The molecule has 17 heavy (non-hydrogen) atoms. The summed E-state index contributed by atoms with van der Waals surface area (Å²) in [7, 11) is 0. The molecule has 84 valence electrons. The van der Waals surface area contributed by atoms with Crippen LogP contribution in [0.15, 0.2) is 41.5 Å². The summed E-state index contributed by atoms with van der Waals surface area (Å²) in [4.78, 5) is 11.6. The van der Waals surface area contributed by atoms with Crippen molar-refractivity contribution in [1.82, 2.24) is 0 Å². The molecule has 0 unspecified atom stereocenters. The van der Waals surface area contributed by atoms with Crippen LogP contribution in [0.2, 0.25) is 0 Å². The summed E-state index contributed by atoms with van der Waals surface area (Å²) in [6, 6.07) is 10.4. The van der Waals surface area contributed by atoms with Gasteiger partial charge in [0, 0.05) is 11.6 Å². The molecule has 0 saturated carbocycles. The molecule has 0 amide bonds. The number of hydrazone groups is 1. The third kappa shape index (κ3) is 2.03. The Morgan fingerprint density at radius 3 is 2.82 bits per heavy atom. The van der Waals surface area contributed by atoms with E-state index in [1.54, 1.807) is 18.2 Å². The molecule has 0 saturated heterocycles. The lowest BCUT2D eigenvalue weighted by Gasteiger charge is -2.04. The molecule has 0 aliphatic heterocycles. The summed E-state index contributed by atoms with van der Waals surface area (Å²) < 4.78 is 0. The average molecular weight is 227 g/mol. The molecular formula is C12H9N3O2. The summed E-state index contributed by atoms with van der Waals surface area (Å²) in [6.07, 6.45) is 0.893. The summed E-state index contributed by atoms with van der Waals surface area (Å²) in [5.41, 5.74) is 8.38. The van der Waals surface area contributed by atoms with Gasteiger partial charge < -0.3 is 5.11 Å². The Morgan fingerprint density at radius 1 is 1.29 bits per heavy atom. The maximum atomic E-state index is 11.6. The highest BCUT2D eigenvalue weighted by Crippen LogP contribution is 2.28. The molecule has 2 N–H and O–H groups in total. The fourth-order valence-corrected chi connectivity index (χ4v) is 1.61. The zero-order valence-electron chi connectivity index (χ0n) is 8.79. The van der Waals surface area contributed by atoms with Crippen molar-refractivity contribution in [3.8, 4) is 5.75 Å². The van der Waals surface area contributed by atoms with Gasteiger partial charge in [-0.2, -0.15) is 15.9 Å². The van der Waals surface area contributed by atoms with Gasteiger partial charge in [0.05, 0.1) is 5.56 Å². The molecule has 0 atom stereocenters. The standard InChI is InChI=1S/C12H9N3O2/c13-15-14-7-11(16)10-6-5-8-3-1-2-4-9(8)12(10)17/h1-7,15,17H. The molecule has 0 aromatic heterocycles. The number of fused-ring (bicyclic) bond motifs is 1. The van der Waals surface area contributed by atoms with Crippen molar-refractivity contribution in [2.45, 2.75) is 0 Å². The normalized spacial score (nSPS) is 10.8. The number of Topliss-reactive ketones (excluding diaryl/α,β-unsaturated/α-hetero) is 1. The van der Waals surface area contributed by atoms with Crippen LogP contribution < -0.4 is 5.22 Å². The summed E-state index contributed by atoms with van der Waals surface area (Å²) >= 11 is 0. The zero-order chi connectivity index (χ0) is 12.3. The lowest BCUT2D eigenvalue weighted by Crippen LogP contribution is -2.54. The zero-order valence-corrected chi connectivity index (χ0v) is 8.79. The van der Waals surface area contributed by atoms with E-state index in [0.717, 1.165) is 11.6 Å². The van der Waals surface area contributed by atoms with Crippen molar-refractivity contribution in [2.75, 3.05) is 0 Å². The highest BCUT2D eigenvalue weighted by atomic mass is 16.3. The van der Waals surface area contributed by atoms with E-state index in [2.05, 4.69) is 5.10 Å². The minimum Gasteiger partial charge on any atom is -0.507 e.